The third-order valence-corrected chi connectivity index (χ3v) is 8.66. The van der Waals surface area contributed by atoms with Gasteiger partial charge in [0, 0.05) is 17.1 Å². The fraction of sp³-hybridized carbons (Fsp3) is 0.440. The van der Waals surface area contributed by atoms with Gasteiger partial charge >= 0.3 is 0 Å². The fourth-order valence-corrected chi connectivity index (χ4v) is 5.59. The van der Waals surface area contributed by atoms with Crippen molar-refractivity contribution in [1.82, 2.24) is 10.2 Å². The lowest BCUT2D eigenvalue weighted by Crippen LogP contribution is -2.52. The first-order valence-electron chi connectivity index (χ1n) is 11.7. The molecule has 0 bridgehead atoms. The van der Waals surface area contributed by atoms with Crippen LogP contribution >= 0.6 is 39.1 Å². The highest BCUT2D eigenvalue weighted by Gasteiger charge is 2.31. The van der Waals surface area contributed by atoms with Gasteiger partial charge in [-0.05, 0) is 55.7 Å². The van der Waals surface area contributed by atoms with Gasteiger partial charge < -0.3 is 10.2 Å². The molecular formula is C25H30BrCl2N3O4S. The van der Waals surface area contributed by atoms with E-state index in [9.17, 15) is 18.0 Å². The van der Waals surface area contributed by atoms with Gasteiger partial charge in [-0.1, -0.05) is 70.5 Å². The number of hydrogen-bond donors (Lipinski definition) is 1. The van der Waals surface area contributed by atoms with Gasteiger partial charge in [-0.3, -0.25) is 13.9 Å². The highest BCUT2D eigenvalue weighted by atomic mass is 79.9. The molecule has 0 heterocycles. The highest BCUT2D eigenvalue weighted by Crippen LogP contribution is 2.29. The molecule has 196 valence electrons. The van der Waals surface area contributed by atoms with Crippen LogP contribution in [0.5, 0.6) is 0 Å². The summed E-state index contributed by atoms with van der Waals surface area (Å²) in [6.07, 6.45) is 6.13. The van der Waals surface area contributed by atoms with Gasteiger partial charge in [-0.2, -0.15) is 0 Å². The summed E-state index contributed by atoms with van der Waals surface area (Å²) in [7, 11) is -3.85. The Bertz CT molecular complexity index is 1190. The van der Waals surface area contributed by atoms with Crippen LogP contribution in [-0.2, 0) is 26.2 Å². The Kier molecular flexibility index (Phi) is 10.1. The molecule has 7 nitrogen and oxygen atoms in total. The number of hydrogen-bond acceptors (Lipinski definition) is 4. The molecule has 1 fully saturated rings. The molecule has 11 heteroatoms. The Hall–Kier alpha value is -1.81. The minimum Gasteiger partial charge on any atom is -0.352 e. The average Bonchev–Trinajstić information content (AvgIpc) is 2.83. The van der Waals surface area contributed by atoms with Crippen molar-refractivity contribution in [3.05, 3.63) is 62.5 Å². The lowest BCUT2D eigenvalue weighted by Gasteiger charge is -2.33. The van der Waals surface area contributed by atoms with Crippen LogP contribution in [0.25, 0.3) is 0 Å². The number of sulfonamides is 1. The van der Waals surface area contributed by atoms with Crippen molar-refractivity contribution in [2.24, 2.45) is 0 Å². The monoisotopic (exact) mass is 617 g/mol. The van der Waals surface area contributed by atoms with Crippen LogP contribution in [0.4, 0.5) is 5.69 Å². The molecule has 1 saturated carbocycles. The molecule has 3 rings (SSSR count). The summed E-state index contributed by atoms with van der Waals surface area (Å²) in [4.78, 5) is 28.2. The van der Waals surface area contributed by atoms with Crippen LogP contribution in [0.15, 0.2) is 46.9 Å². The second-order valence-corrected chi connectivity index (χ2v) is 12.7. The van der Waals surface area contributed by atoms with E-state index in [1.807, 2.05) is 24.3 Å². The summed E-state index contributed by atoms with van der Waals surface area (Å²) < 4.78 is 27.1. The molecule has 1 unspecified atom stereocenters. The predicted octanol–water partition coefficient (Wildman–Crippen LogP) is 5.39. The molecule has 0 radical (unpaired) electrons. The van der Waals surface area contributed by atoms with Crippen molar-refractivity contribution in [3.63, 3.8) is 0 Å². The normalized spacial score (nSPS) is 15.2. The number of carbonyl (C=O) groups is 2. The van der Waals surface area contributed by atoms with Crippen molar-refractivity contribution < 1.29 is 18.0 Å². The Morgan fingerprint density at radius 2 is 1.69 bits per heavy atom. The lowest BCUT2D eigenvalue weighted by atomic mass is 9.95. The first-order chi connectivity index (χ1) is 17.0. The lowest BCUT2D eigenvalue weighted by molar-refractivity contribution is -0.139. The van der Waals surface area contributed by atoms with E-state index in [1.54, 1.807) is 6.92 Å². The number of halogens is 3. The summed E-state index contributed by atoms with van der Waals surface area (Å²) in [5, 5.41) is 3.51. The summed E-state index contributed by atoms with van der Waals surface area (Å²) in [5.74, 6) is -0.770. The molecule has 1 aliphatic carbocycles. The molecule has 0 saturated heterocycles. The molecule has 36 heavy (non-hydrogen) atoms. The SMILES string of the molecule is CC(C(=O)NC1CCCCC1)N(Cc1ccc(Br)cc1)C(=O)CN(c1ccc(Cl)c(Cl)c1)S(C)(=O)=O. The first kappa shape index (κ1) is 28.8. The van der Waals surface area contributed by atoms with Crippen molar-refractivity contribution >= 4 is 66.7 Å². The number of nitrogens with zero attached hydrogens (tertiary/aromatic N) is 2. The summed E-state index contributed by atoms with van der Waals surface area (Å²) >= 11 is 15.5. The molecule has 1 aliphatic rings. The van der Waals surface area contributed by atoms with E-state index >= 15 is 0 Å². The average molecular weight is 619 g/mol. The van der Waals surface area contributed by atoms with Gasteiger partial charge in [0.05, 0.1) is 22.0 Å². The molecule has 2 amide bonds. The van der Waals surface area contributed by atoms with E-state index in [2.05, 4.69) is 21.2 Å². The Morgan fingerprint density at radius 1 is 1.06 bits per heavy atom. The molecule has 0 aliphatic heterocycles. The van der Waals surface area contributed by atoms with Crippen LogP contribution in [0, 0.1) is 0 Å². The van der Waals surface area contributed by atoms with Crippen LogP contribution in [0.3, 0.4) is 0 Å². The molecule has 0 spiro atoms. The molecule has 0 aromatic heterocycles. The van der Waals surface area contributed by atoms with E-state index in [4.69, 9.17) is 23.2 Å². The Labute approximate surface area is 231 Å². The Morgan fingerprint density at radius 3 is 2.28 bits per heavy atom. The molecule has 1 N–H and O–H groups in total. The van der Waals surface area contributed by atoms with Gasteiger partial charge in [0.15, 0.2) is 0 Å². The van der Waals surface area contributed by atoms with Crippen LogP contribution in [0.2, 0.25) is 10.0 Å². The number of nitrogens with one attached hydrogen (secondary N) is 1. The van der Waals surface area contributed by atoms with Crippen molar-refractivity contribution in [3.8, 4) is 0 Å². The van der Waals surface area contributed by atoms with Gasteiger partial charge in [-0.15, -0.1) is 0 Å². The smallest absolute Gasteiger partial charge is 0.244 e. The van der Waals surface area contributed by atoms with Gasteiger partial charge in [0.1, 0.15) is 12.6 Å². The number of carbonyl (C=O) groups excluding carboxylic acids is 2. The minimum absolute atomic E-state index is 0.0852. The number of benzene rings is 2. The second-order valence-electron chi connectivity index (χ2n) is 9.04. The fourth-order valence-electron chi connectivity index (χ4n) is 4.19. The maximum absolute atomic E-state index is 13.6. The molecule has 2 aromatic rings. The standard InChI is InChI=1S/C25H30BrCl2N3O4S/c1-17(25(33)29-20-6-4-3-5-7-20)30(15-18-8-10-19(26)11-9-18)24(32)16-31(36(2,34)35)21-12-13-22(27)23(28)14-21/h8-14,17,20H,3-7,15-16H2,1-2H3,(H,29,33). The van der Waals surface area contributed by atoms with E-state index < -0.39 is 28.5 Å². The summed E-state index contributed by atoms with van der Waals surface area (Å²) in [6, 6.07) is 11.0. The summed E-state index contributed by atoms with van der Waals surface area (Å²) in [6.45, 7) is 1.32. The van der Waals surface area contributed by atoms with E-state index in [0.717, 1.165) is 52.7 Å². The number of amides is 2. The first-order valence-corrected chi connectivity index (χ1v) is 15.1. The van der Waals surface area contributed by atoms with Gasteiger partial charge in [0.2, 0.25) is 21.8 Å². The topological polar surface area (TPSA) is 86.8 Å². The van der Waals surface area contributed by atoms with Crippen molar-refractivity contribution in [2.75, 3.05) is 17.1 Å². The zero-order chi connectivity index (χ0) is 26.5. The van der Waals surface area contributed by atoms with Crippen LogP contribution < -0.4 is 9.62 Å². The minimum atomic E-state index is -3.85. The number of anilines is 1. The third kappa shape index (κ3) is 7.84. The van der Waals surface area contributed by atoms with Crippen LogP contribution in [0.1, 0.15) is 44.6 Å². The summed E-state index contributed by atoms with van der Waals surface area (Å²) in [5.41, 5.74) is 1.02. The largest absolute Gasteiger partial charge is 0.352 e. The Balaban J connectivity index is 1.87. The van der Waals surface area contributed by atoms with Crippen molar-refractivity contribution in [2.45, 2.75) is 57.7 Å². The van der Waals surface area contributed by atoms with E-state index in [0.29, 0.717) is 0 Å². The predicted molar refractivity (Wildman–Crippen MR) is 148 cm³/mol. The van der Waals surface area contributed by atoms with Gasteiger partial charge in [-0.25, -0.2) is 8.42 Å². The van der Waals surface area contributed by atoms with E-state index in [1.165, 1.54) is 23.1 Å². The van der Waals surface area contributed by atoms with Gasteiger partial charge in [0.25, 0.3) is 0 Å². The molecule has 2 aromatic carbocycles. The second kappa shape index (κ2) is 12.6. The molecule has 1 atom stereocenters. The third-order valence-electron chi connectivity index (χ3n) is 6.26. The zero-order valence-electron chi connectivity index (χ0n) is 20.2. The molecular weight excluding hydrogens is 589 g/mol. The quantitative estimate of drug-likeness (QED) is 0.408. The number of rotatable bonds is 9. The maximum Gasteiger partial charge on any atom is 0.244 e. The van der Waals surface area contributed by atoms with Crippen molar-refractivity contribution in [1.29, 1.82) is 0 Å². The van der Waals surface area contributed by atoms with Crippen LogP contribution in [-0.4, -0.2) is 50.0 Å². The maximum atomic E-state index is 13.6. The van der Waals surface area contributed by atoms with E-state index in [-0.39, 0.29) is 34.2 Å². The highest BCUT2D eigenvalue weighted by molar-refractivity contribution is 9.10. The zero-order valence-corrected chi connectivity index (χ0v) is 24.1.